The molecule has 1 aromatic heterocycles. The molecule has 0 atom stereocenters. The predicted octanol–water partition coefficient (Wildman–Crippen LogP) is 1.65. The number of nitrogens with one attached hydrogen (secondary N) is 1. The molecule has 90 valence electrons. The van der Waals surface area contributed by atoms with Gasteiger partial charge in [0.25, 0.3) is 0 Å². The maximum Gasteiger partial charge on any atom is 0.209 e. The highest BCUT2D eigenvalue weighted by Gasteiger charge is 2.20. The van der Waals surface area contributed by atoms with Crippen LogP contribution in [-0.2, 0) is 0 Å². The van der Waals surface area contributed by atoms with E-state index in [2.05, 4.69) is 14.9 Å². The molecule has 0 aliphatic heterocycles. The molecule has 0 fully saturated rings. The summed E-state index contributed by atoms with van der Waals surface area (Å²) in [5.74, 6) is -3.48. The lowest BCUT2D eigenvalue weighted by Crippen LogP contribution is -1.94. The lowest BCUT2D eigenvalue weighted by molar-refractivity contribution is 0.351. The number of hydrogen-bond donors (Lipinski definition) is 3. The average Bonchev–Trinajstić information content (AvgIpc) is 2.73. The van der Waals surface area contributed by atoms with E-state index in [0.29, 0.717) is 0 Å². The number of ether oxygens (including phenoxy) is 1. The lowest BCUT2D eigenvalue weighted by Gasteiger charge is -2.08. The van der Waals surface area contributed by atoms with Gasteiger partial charge in [0.05, 0.1) is 12.8 Å². The molecule has 1 aromatic carbocycles. The van der Waals surface area contributed by atoms with Gasteiger partial charge in [-0.3, -0.25) is 5.10 Å². The topological polar surface area (TPSA) is 84.2 Å². The molecule has 0 unspecified atom stereocenters. The number of hydrogen-bond acceptors (Lipinski definition) is 4. The second-order valence-corrected chi connectivity index (χ2v) is 3.31. The number of phenols is 1. The number of nitrogens with two attached hydrogens (primary N) is 1. The Kier molecular flexibility index (Phi) is 2.58. The summed E-state index contributed by atoms with van der Waals surface area (Å²) in [5, 5.41) is 15.3. The van der Waals surface area contributed by atoms with Crippen LogP contribution in [0.5, 0.6) is 11.5 Å². The number of phenolic OH excluding ortho intramolecular Hbond substituents is 1. The Morgan fingerprint density at radius 2 is 2.06 bits per heavy atom. The first-order chi connectivity index (χ1) is 8.04. The molecule has 0 amide bonds. The number of halogens is 2. The minimum atomic E-state index is -1.15. The Morgan fingerprint density at radius 1 is 1.35 bits per heavy atom. The van der Waals surface area contributed by atoms with Crippen LogP contribution in [0.15, 0.2) is 12.1 Å². The first kappa shape index (κ1) is 11.2. The molecule has 0 radical (unpaired) electrons. The Morgan fingerprint density at radius 3 is 2.59 bits per heavy atom. The molecule has 0 saturated heterocycles. The Balaban J connectivity index is 2.66. The van der Waals surface area contributed by atoms with Gasteiger partial charge >= 0.3 is 0 Å². The third-order valence-electron chi connectivity index (χ3n) is 2.25. The van der Waals surface area contributed by atoms with E-state index in [9.17, 15) is 13.9 Å². The van der Waals surface area contributed by atoms with Crippen molar-refractivity contribution in [1.82, 2.24) is 10.2 Å². The summed E-state index contributed by atoms with van der Waals surface area (Å²) in [5.41, 5.74) is 5.51. The molecule has 7 heteroatoms. The molecule has 0 bridgehead atoms. The van der Waals surface area contributed by atoms with Gasteiger partial charge < -0.3 is 15.6 Å². The average molecular weight is 241 g/mol. The third kappa shape index (κ3) is 1.75. The molecule has 5 nitrogen and oxygen atoms in total. The minimum absolute atomic E-state index is 0.0787. The van der Waals surface area contributed by atoms with E-state index in [-0.39, 0.29) is 22.8 Å². The smallest absolute Gasteiger partial charge is 0.209 e. The van der Waals surface area contributed by atoms with E-state index < -0.39 is 17.4 Å². The van der Waals surface area contributed by atoms with Crippen molar-refractivity contribution >= 4 is 5.82 Å². The van der Waals surface area contributed by atoms with Crippen molar-refractivity contribution < 1.29 is 18.6 Å². The third-order valence-corrected chi connectivity index (χ3v) is 2.25. The van der Waals surface area contributed by atoms with Crippen molar-refractivity contribution in [2.24, 2.45) is 0 Å². The summed E-state index contributed by atoms with van der Waals surface area (Å²) in [4.78, 5) is 0. The van der Waals surface area contributed by atoms with Gasteiger partial charge in [0.1, 0.15) is 5.82 Å². The van der Waals surface area contributed by atoms with Gasteiger partial charge in [0, 0.05) is 11.6 Å². The van der Waals surface area contributed by atoms with Gasteiger partial charge in [-0.1, -0.05) is 0 Å². The molecule has 4 N–H and O–H groups in total. The molecule has 2 aromatic rings. The molecule has 0 spiro atoms. The van der Waals surface area contributed by atoms with Crippen molar-refractivity contribution in [2.45, 2.75) is 0 Å². The quantitative estimate of drug-likeness (QED) is 0.746. The zero-order valence-electron chi connectivity index (χ0n) is 8.79. The number of rotatable bonds is 2. The van der Waals surface area contributed by atoms with E-state index in [4.69, 9.17) is 5.73 Å². The number of aromatic nitrogens is 2. The minimum Gasteiger partial charge on any atom is -0.503 e. The van der Waals surface area contributed by atoms with Crippen LogP contribution in [-0.4, -0.2) is 22.4 Å². The van der Waals surface area contributed by atoms with Gasteiger partial charge in [0.2, 0.25) is 5.82 Å². The normalized spacial score (nSPS) is 10.5. The van der Waals surface area contributed by atoms with Crippen LogP contribution in [0, 0.1) is 11.6 Å². The summed E-state index contributed by atoms with van der Waals surface area (Å²) in [6.45, 7) is 0. The Bertz CT molecular complexity index is 569. The summed E-state index contributed by atoms with van der Waals surface area (Å²) in [6, 6.07) is 2.46. The molecule has 17 heavy (non-hydrogen) atoms. The zero-order valence-corrected chi connectivity index (χ0v) is 8.79. The van der Waals surface area contributed by atoms with Gasteiger partial charge in [0.15, 0.2) is 17.3 Å². The molecular weight excluding hydrogens is 232 g/mol. The fraction of sp³-hybridized carbons (Fsp3) is 0.100. The number of methoxy groups -OCH3 is 1. The first-order valence-electron chi connectivity index (χ1n) is 4.60. The molecule has 0 aliphatic carbocycles. The summed E-state index contributed by atoms with van der Waals surface area (Å²) >= 11 is 0. The number of nitrogens with zero attached hydrogens (tertiary/aromatic N) is 1. The van der Waals surface area contributed by atoms with Crippen molar-refractivity contribution in [3.8, 4) is 22.8 Å². The van der Waals surface area contributed by atoms with Gasteiger partial charge in [-0.05, 0) is 6.07 Å². The van der Waals surface area contributed by atoms with Crippen molar-refractivity contribution in [3.63, 3.8) is 0 Å². The highest BCUT2D eigenvalue weighted by molar-refractivity contribution is 5.67. The van der Waals surface area contributed by atoms with Crippen LogP contribution in [0.1, 0.15) is 0 Å². The van der Waals surface area contributed by atoms with E-state index in [1.807, 2.05) is 0 Å². The van der Waals surface area contributed by atoms with Crippen LogP contribution in [0.4, 0.5) is 14.6 Å². The largest absolute Gasteiger partial charge is 0.503 e. The second-order valence-electron chi connectivity index (χ2n) is 3.31. The SMILES string of the molecule is COc1cc(-c2cc(N)n[nH]2)c(F)c(O)c1F. The number of anilines is 1. The molecule has 1 heterocycles. The molecule has 0 saturated carbocycles. The summed E-state index contributed by atoms with van der Waals surface area (Å²) < 4.78 is 31.6. The molecule has 0 aliphatic rings. The predicted molar refractivity (Wildman–Crippen MR) is 56.6 cm³/mol. The maximum absolute atomic E-state index is 13.6. The second kappa shape index (κ2) is 3.93. The monoisotopic (exact) mass is 241 g/mol. The van der Waals surface area contributed by atoms with E-state index in [1.165, 1.54) is 13.2 Å². The summed E-state index contributed by atoms with van der Waals surface area (Å²) in [6.07, 6.45) is 0. The highest BCUT2D eigenvalue weighted by atomic mass is 19.1. The highest BCUT2D eigenvalue weighted by Crippen LogP contribution is 2.36. The van der Waals surface area contributed by atoms with Crippen molar-refractivity contribution in [2.75, 3.05) is 12.8 Å². The molecule has 2 rings (SSSR count). The van der Waals surface area contributed by atoms with Gasteiger partial charge in [-0.2, -0.15) is 9.49 Å². The fourth-order valence-corrected chi connectivity index (χ4v) is 1.42. The molecular formula is C10H9F2N3O2. The van der Waals surface area contributed by atoms with Crippen LogP contribution in [0.3, 0.4) is 0 Å². The number of nitrogen functional groups attached to an aromatic ring is 1. The number of aromatic amines is 1. The zero-order chi connectivity index (χ0) is 12.6. The van der Waals surface area contributed by atoms with E-state index >= 15 is 0 Å². The number of aromatic hydroxyl groups is 1. The van der Waals surface area contributed by atoms with Crippen molar-refractivity contribution in [3.05, 3.63) is 23.8 Å². The van der Waals surface area contributed by atoms with Crippen molar-refractivity contribution in [1.29, 1.82) is 0 Å². The standard InChI is InChI=1S/C10H9F2N3O2/c1-17-6-2-4(5-3-7(13)15-14-5)8(11)10(16)9(6)12/h2-3,16H,1H3,(H3,13,14,15). The number of benzene rings is 1. The van der Waals surface area contributed by atoms with Gasteiger partial charge in [-0.15, -0.1) is 0 Å². The van der Waals surface area contributed by atoms with Crippen LogP contribution in [0.2, 0.25) is 0 Å². The van der Waals surface area contributed by atoms with Crippen LogP contribution < -0.4 is 10.5 Å². The maximum atomic E-state index is 13.6. The number of H-pyrrole nitrogens is 1. The fourth-order valence-electron chi connectivity index (χ4n) is 1.42. The lowest BCUT2D eigenvalue weighted by atomic mass is 10.1. The first-order valence-corrected chi connectivity index (χ1v) is 4.60. The summed E-state index contributed by atoms with van der Waals surface area (Å²) in [7, 11) is 1.21. The van der Waals surface area contributed by atoms with E-state index in [0.717, 1.165) is 6.07 Å². The van der Waals surface area contributed by atoms with Gasteiger partial charge in [-0.25, -0.2) is 4.39 Å². The van der Waals surface area contributed by atoms with E-state index in [1.54, 1.807) is 0 Å². The Labute approximate surface area is 94.8 Å². The van der Waals surface area contributed by atoms with Crippen LogP contribution >= 0.6 is 0 Å². The Hall–Kier alpha value is -2.31. The van der Waals surface area contributed by atoms with Crippen LogP contribution in [0.25, 0.3) is 11.3 Å².